The fraction of sp³-hybridized carbons (Fsp3) is 0.286. The van der Waals surface area contributed by atoms with Gasteiger partial charge in [-0.15, -0.1) is 0 Å². The number of hydrogen-bond acceptors (Lipinski definition) is 3. The van der Waals surface area contributed by atoms with E-state index < -0.39 is 5.97 Å². The van der Waals surface area contributed by atoms with Crippen LogP contribution in [0.4, 0.5) is 0 Å². The van der Waals surface area contributed by atoms with Crippen molar-refractivity contribution in [3.8, 4) is 0 Å². The molecule has 1 aromatic heterocycles. The van der Waals surface area contributed by atoms with E-state index in [1.807, 2.05) is 31.2 Å². The van der Waals surface area contributed by atoms with Crippen molar-refractivity contribution >= 4 is 16.7 Å². The zero-order valence-electron chi connectivity index (χ0n) is 10.3. The van der Waals surface area contributed by atoms with Crippen LogP contribution in [0, 0.1) is 6.92 Å². The molecule has 4 heteroatoms. The molecule has 0 aliphatic heterocycles. The highest BCUT2D eigenvalue weighted by Crippen LogP contribution is 2.23. The van der Waals surface area contributed by atoms with Crippen molar-refractivity contribution in [2.75, 3.05) is 0 Å². The summed E-state index contributed by atoms with van der Waals surface area (Å²) < 4.78 is 0. The molecule has 1 aromatic carbocycles. The van der Waals surface area contributed by atoms with Crippen LogP contribution in [-0.4, -0.2) is 16.1 Å². The molecule has 3 N–H and O–H groups in total. The van der Waals surface area contributed by atoms with E-state index in [0.29, 0.717) is 6.42 Å². The number of carbonyl (C=O) groups is 1. The minimum absolute atomic E-state index is 0.0885. The molecule has 0 bridgehead atoms. The SMILES string of the molecule is Cc1nccc2ccc(C(N)CCC(=O)O)cc12. The Morgan fingerprint density at radius 2 is 2.22 bits per heavy atom. The minimum atomic E-state index is -0.816. The molecule has 0 fully saturated rings. The highest BCUT2D eigenvalue weighted by atomic mass is 16.4. The van der Waals surface area contributed by atoms with Gasteiger partial charge in [-0.2, -0.15) is 0 Å². The highest BCUT2D eigenvalue weighted by molar-refractivity contribution is 5.84. The first-order valence-electron chi connectivity index (χ1n) is 5.90. The van der Waals surface area contributed by atoms with Gasteiger partial charge in [0.15, 0.2) is 0 Å². The molecule has 0 aliphatic rings. The summed E-state index contributed by atoms with van der Waals surface area (Å²) in [4.78, 5) is 14.8. The van der Waals surface area contributed by atoms with Gasteiger partial charge in [-0.25, -0.2) is 0 Å². The molecule has 0 saturated heterocycles. The highest BCUT2D eigenvalue weighted by Gasteiger charge is 2.09. The number of nitrogens with zero attached hydrogens (tertiary/aromatic N) is 1. The molecule has 4 nitrogen and oxygen atoms in total. The normalized spacial score (nSPS) is 12.6. The maximum absolute atomic E-state index is 10.5. The van der Waals surface area contributed by atoms with Crippen molar-refractivity contribution in [1.29, 1.82) is 0 Å². The monoisotopic (exact) mass is 244 g/mol. The van der Waals surface area contributed by atoms with E-state index in [-0.39, 0.29) is 12.5 Å². The van der Waals surface area contributed by atoms with Gasteiger partial charge in [0.05, 0.1) is 0 Å². The van der Waals surface area contributed by atoms with Gasteiger partial charge in [0.25, 0.3) is 0 Å². The Labute approximate surface area is 105 Å². The zero-order chi connectivity index (χ0) is 13.1. The van der Waals surface area contributed by atoms with Crippen molar-refractivity contribution in [3.05, 3.63) is 41.7 Å². The molecule has 94 valence electrons. The van der Waals surface area contributed by atoms with Crippen LogP contribution in [0.3, 0.4) is 0 Å². The third-order valence-electron chi connectivity index (χ3n) is 3.09. The van der Waals surface area contributed by atoms with E-state index in [0.717, 1.165) is 22.0 Å². The van der Waals surface area contributed by atoms with Crippen LogP contribution < -0.4 is 5.73 Å². The third kappa shape index (κ3) is 2.65. The zero-order valence-corrected chi connectivity index (χ0v) is 10.3. The van der Waals surface area contributed by atoms with Crippen LogP contribution >= 0.6 is 0 Å². The number of rotatable bonds is 4. The van der Waals surface area contributed by atoms with Crippen LogP contribution in [0.25, 0.3) is 10.8 Å². The number of benzene rings is 1. The van der Waals surface area contributed by atoms with Gasteiger partial charge in [-0.3, -0.25) is 9.78 Å². The molecule has 0 radical (unpaired) electrons. The van der Waals surface area contributed by atoms with Gasteiger partial charge >= 0.3 is 5.97 Å². The van der Waals surface area contributed by atoms with Crippen LogP contribution in [0.5, 0.6) is 0 Å². The van der Waals surface area contributed by atoms with Crippen LogP contribution in [0.2, 0.25) is 0 Å². The van der Waals surface area contributed by atoms with Gasteiger partial charge in [0, 0.05) is 29.7 Å². The lowest BCUT2D eigenvalue weighted by atomic mass is 9.99. The molecule has 0 aliphatic carbocycles. The van der Waals surface area contributed by atoms with Gasteiger partial charge in [-0.1, -0.05) is 12.1 Å². The number of aryl methyl sites for hydroxylation is 1. The number of nitrogens with two attached hydrogens (primary N) is 1. The summed E-state index contributed by atoms with van der Waals surface area (Å²) in [5, 5.41) is 10.9. The molecule has 0 amide bonds. The number of aliphatic carboxylic acids is 1. The first-order valence-corrected chi connectivity index (χ1v) is 5.90. The Kier molecular flexibility index (Phi) is 3.58. The second-order valence-electron chi connectivity index (χ2n) is 4.42. The van der Waals surface area contributed by atoms with Crippen LogP contribution in [0.15, 0.2) is 30.5 Å². The molecular formula is C14H16N2O2. The summed E-state index contributed by atoms with van der Waals surface area (Å²) in [7, 11) is 0. The smallest absolute Gasteiger partial charge is 0.303 e. The molecule has 1 unspecified atom stereocenters. The standard InChI is InChI=1S/C14H16N2O2/c1-9-12-8-11(13(15)4-5-14(17)18)3-2-10(12)6-7-16-9/h2-3,6-8,13H,4-5,15H2,1H3,(H,17,18). The third-order valence-corrected chi connectivity index (χ3v) is 3.09. The first-order chi connectivity index (χ1) is 8.58. The lowest BCUT2D eigenvalue weighted by Gasteiger charge is -2.12. The number of aromatic nitrogens is 1. The van der Waals surface area contributed by atoms with E-state index in [2.05, 4.69) is 4.98 Å². The van der Waals surface area contributed by atoms with Gasteiger partial charge in [0.1, 0.15) is 0 Å². The van der Waals surface area contributed by atoms with Crippen LogP contribution in [0.1, 0.15) is 30.1 Å². The van der Waals surface area contributed by atoms with Crippen molar-refractivity contribution < 1.29 is 9.90 Å². The Bertz CT molecular complexity index is 581. The number of carboxylic acids is 1. The van der Waals surface area contributed by atoms with E-state index in [1.54, 1.807) is 6.20 Å². The Balaban J connectivity index is 2.29. The Morgan fingerprint density at radius 3 is 2.94 bits per heavy atom. The van der Waals surface area contributed by atoms with Crippen molar-refractivity contribution in [2.24, 2.45) is 5.73 Å². The predicted octanol–water partition coefficient (Wildman–Crippen LogP) is 2.41. The largest absolute Gasteiger partial charge is 0.481 e. The summed E-state index contributed by atoms with van der Waals surface area (Å²) in [6.07, 6.45) is 2.31. The molecule has 2 rings (SSSR count). The second kappa shape index (κ2) is 5.14. The van der Waals surface area contributed by atoms with E-state index >= 15 is 0 Å². The molecule has 2 aromatic rings. The maximum atomic E-state index is 10.5. The molecule has 1 atom stereocenters. The number of fused-ring (bicyclic) bond motifs is 1. The first kappa shape index (κ1) is 12.5. The maximum Gasteiger partial charge on any atom is 0.303 e. The predicted molar refractivity (Wildman–Crippen MR) is 70.3 cm³/mol. The van der Waals surface area contributed by atoms with Gasteiger partial charge in [0.2, 0.25) is 0 Å². The van der Waals surface area contributed by atoms with Crippen molar-refractivity contribution in [1.82, 2.24) is 4.98 Å². The summed E-state index contributed by atoms with van der Waals surface area (Å²) in [6.45, 7) is 1.95. The second-order valence-corrected chi connectivity index (χ2v) is 4.42. The lowest BCUT2D eigenvalue weighted by Crippen LogP contribution is -2.12. The van der Waals surface area contributed by atoms with Crippen molar-refractivity contribution in [3.63, 3.8) is 0 Å². The fourth-order valence-corrected chi connectivity index (χ4v) is 2.01. The van der Waals surface area contributed by atoms with E-state index in [1.165, 1.54) is 0 Å². The number of hydrogen-bond donors (Lipinski definition) is 2. The average molecular weight is 244 g/mol. The summed E-state index contributed by atoms with van der Waals surface area (Å²) in [5.74, 6) is -0.816. The summed E-state index contributed by atoms with van der Waals surface area (Å²) >= 11 is 0. The Morgan fingerprint density at radius 1 is 1.44 bits per heavy atom. The number of carboxylic acid groups (broad SMARTS) is 1. The quantitative estimate of drug-likeness (QED) is 0.865. The summed E-state index contributed by atoms with van der Waals surface area (Å²) in [5.41, 5.74) is 7.92. The summed E-state index contributed by atoms with van der Waals surface area (Å²) in [6, 6.07) is 7.66. The minimum Gasteiger partial charge on any atom is -0.481 e. The van der Waals surface area contributed by atoms with Crippen LogP contribution in [-0.2, 0) is 4.79 Å². The van der Waals surface area contributed by atoms with Gasteiger partial charge < -0.3 is 10.8 Å². The topological polar surface area (TPSA) is 76.2 Å². The van der Waals surface area contributed by atoms with Gasteiger partial charge in [-0.05, 0) is 36.4 Å². The van der Waals surface area contributed by atoms with E-state index in [4.69, 9.17) is 10.8 Å². The average Bonchev–Trinajstić information content (AvgIpc) is 2.36. The Hall–Kier alpha value is -1.94. The molecular weight excluding hydrogens is 228 g/mol. The molecule has 18 heavy (non-hydrogen) atoms. The molecule has 1 heterocycles. The lowest BCUT2D eigenvalue weighted by molar-refractivity contribution is -0.137. The molecule has 0 spiro atoms. The van der Waals surface area contributed by atoms with Crippen molar-refractivity contribution in [2.45, 2.75) is 25.8 Å². The van der Waals surface area contributed by atoms with E-state index in [9.17, 15) is 4.79 Å². The molecule has 0 saturated carbocycles. The fourth-order valence-electron chi connectivity index (χ4n) is 2.01. The number of pyridine rings is 1.